The highest BCUT2D eigenvalue weighted by Crippen LogP contribution is 2.44. The van der Waals surface area contributed by atoms with Crippen molar-refractivity contribution in [3.8, 4) is 11.1 Å². The summed E-state index contributed by atoms with van der Waals surface area (Å²) in [7, 11) is 0. The van der Waals surface area contributed by atoms with Gasteiger partial charge in [-0.15, -0.1) is 6.58 Å². The topological polar surface area (TPSA) is 95.9 Å². The van der Waals surface area contributed by atoms with Crippen molar-refractivity contribution in [1.29, 1.82) is 0 Å². The average Bonchev–Trinajstić information content (AvgIpc) is 3.15. The van der Waals surface area contributed by atoms with Gasteiger partial charge in [0.1, 0.15) is 12.6 Å². The number of amides is 2. The number of aliphatic carboxylic acids is 1. The summed E-state index contributed by atoms with van der Waals surface area (Å²) in [6.45, 7) is 6.05. The van der Waals surface area contributed by atoms with Crippen LogP contribution in [-0.2, 0) is 14.3 Å². The van der Waals surface area contributed by atoms with Crippen LogP contribution in [-0.4, -0.2) is 53.2 Å². The molecule has 1 saturated heterocycles. The van der Waals surface area contributed by atoms with Gasteiger partial charge in [0.25, 0.3) is 0 Å². The highest BCUT2D eigenvalue weighted by atomic mass is 16.5. The van der Waals surface area contributed by atoms with Crippen LogP contribution in [0.25, 0.3) is 11.1 Å². The number of hydrogen-bond acceptors (Lipinski definition) is 4. The number of carbonyl (C=O) groups is 3. The van der Waals surface area contributed by atoms with Crippen LogP contribution in [0, 0.1) is 5.92 Å². The molecule has 1 aliphatic carbocycles. The number of nitrogens with zero attached hydrogens (tertiary/aromatic N) is 1. The molecule has 4 rings (SSSR count). The Morgan fingerprint density at radius 1 is 1.15 bits per heavy atom. The maximum atomic E-state index is 13.2. The minimum Gasteiger partial charge on any atom is -0.481 e. The van der Waals surface area contributed by atoms with E-state index in [2.05, 4.69) is 24.0 Å². The summed E-state index contributed by atoms with van der Waals surface area (Å²) in [6.07, 6.45) is 1.98. The van der Waals surface area contributed by atoms with Gasteiger partial charge in [-0.2, -0.15) is 0 Å². The third-order valence-corrected chi connectivity index (χ3v) is 6.84. The van der Waals surface area contributed by atoms with Crippen LogP contribution >= 0.6 is 0 Å². The van der Waals surface area contributed by atoms with Gasteiger partial charge in [0.05, 0.1) is 5.92 Å². The number of likely N-dealkylation sites (tertiary alicyclic amines) is 1. The molecule has 3 atom stereocenters. The molecular weight excluding hydrogens is 432 g/mol. The Labute approximate surface area is 199 Å². The number of ether oxygens (including phenoxy) is 1. The molecule has 34 heavy (non-hydrogen) atoms. The summed E-state index contributed by atoms with van der Waals surface area (Å²) >= 11 is 0. The lowest BCUT2D eigenvalue weighted by molar-refractivity contribution is -0.148. The Morgan fingerprint density at radius 3 is 2.32 bits per heavy atom. The fourth-order valence-electron chi connectivity index (χ4n) is 5.09. The molecule has 0 saturated carbocycles. The summed E-state index contributed by atoms with van der Waals surface area (Å²) < 4.78 is 5.60. The molecule has 2 aromatic rings. The molecule has 3 unspecified atom stereocenters. The highest BCUT2D eigenvalue weighted by Gasteiger charge is 2.36. The van der Waals surface area contributed by atoms with Crippen molar-refractivity contribution in [3.05, 3.63) is 72.3 Å². The molecule has 7 nitrogen and oxygen atoms in total. The number of piperidine rings is 1. The van der Waals surface area contributed by atoms with E-state index >= 15 is 0 Å². The Morgan fingerprint density at radius 2 is 1.76 bits per heavy atom. The van der Waals surface area contributed by atoms with Crippen molar-refractivity contribution in [3.63, 3.8) is 0 Å². The summed E-state index contributed by atoms with van der Waals surface area (Å²) in [5.41, 5.74) is 4.52. The first-order chi connectivity index (χ1) is 16.4. The van der Waals surface area contributed by atoms with Gasteiger partial charge in [-0.25, -0.2) is 4.79 Å². The number of rotatable bonds is 7. The van der Waals surface area contributed by atoms with Crippen molar-refractivity contribution >= 4 is 18.0 Å². The molecule has 2 aromatic carbocycles. The van der Waals surface area contributed by atoms with Crippen molar-refractivity contribution in [1.82, 2.24) is 10.2 Å². The molecule has 2 amide bonds. The zero-order valence-corrected chi connectivity index (χ0v) is 19.3. The van der Waals surface area contributed by atoms with Gasteiger partial charge < -0.3 is 20.1 Å². The fourth-order valence-corrected chi connectivity index (χ4v) is 5.09. The van der Waals surface area contributed by atoms with Gasteiger partial charge >= 0.3 is 12.1 Å². The molecule has 2 N–H and O–H groups in total. The Balaban J connectivity index is 1.40. The standard InChI is InChI=1S/C27H30N2O5/c1-3-8-24(25(30)29-14-13-18(26(31)32)15-17(29)2)28-27(33)34-16-23-21-11-6-4-9-19(21)20-10-5-7-12-22(20)23/h3-7,9-12,17-18,23-24H,1,8,13-16H2,2H3,(H,28,33)(H,31,32). The normalized spacial score (nSPS) is 20.1. The van der Waals surface area contributed by atoms with Crippen LogP contribution in [0.5, 0.6) is 0 Å². The van der Waals surface area contributed by atoms with Crippen LogP contribution in [0.15, 0.2) is 61.2 Å². The third kappa shape index (κ3) is 4.69. The van der Waals surface area contributed by atoms with Crippen LogP contribution in [0.4, 0.5) is 4.79 Å². The second-order valence-electron chi connectivity index (χ2n) is 8.99. The summed E-state index contributed by atoms with van der Waals surface area (Å²) in [6, 6.07) is 15.2. The smallest absolute Gasteiger partial charge is 0.407 e. The Kier molecular flexibility index (Phi) is 7.01. The number of hydrogen-bond donors (Lipinski definition) is 2. The molecule has 1 fully saturated rings. The van der Waals surface area contributed by atoms with E-state index in [-0.39, 0.29) is 30.9 Å². The van der Waals surface area contributed by atoms with Crippen LogP contribution in [0.1, 0.15) is 43.2 Å². The monoisotopic (exact) mass is 462 g/mol. The maximum Gasteiger partial charge on any atom is 0.407 e. The number of carbonyl (C=O) groups excluding carboxylic acids is 2. The lowest BCUT2D eigenvalue weighted by atomic mass is 9.91. The first kappa shape index (κ1) is 23.5. The Bertz CT molecular complexity index is 1050. The lowest BCUT2D eigenvalue weighted by Gasteiger charge is -2.38. The van der Waals surface area contributed by atoms with Crippen LogP contribution in [0.2, 0.25) is 0 Å². The quantitative estimate of drug-likeness (QED) is 0.602. The first-order valence-electron chi connectivity index (χ1n) is 11.7. The number of fused-ring (bicyclic) bond motifs is 3. The van der Waals surface area contributed by atoms with E-state index in [9.17, 15) is 19.5 Å². The second kappa shape index (κ2) is 10.1. The van der Waals surface area contributed by atoms with Crippen molar-refractivity contribution in [2.75, 3.05) is 13.2 Å². The molecular formula is C27H30N2O5. The minimum atomic E-state index is -0.835. The number of carboxylic acid groups (broad SMARTS) is 1. The van der Waals surface area contributed by atoms with Gasteiger partial charge in [0.2, 0.25) is 5.91 Å². The van der Waals surface area contributed by atoms with Crippen LogP contribution < -0.4 is 5.32 Å². The van der Waals surface area contributed by atoms with Crippen molar-refractivity contribution in [2.24, 2.45) is 5.92 Å². The van der Waals surface area contributed by atoms with Gasteiger partial charge in [-0.3, -0.25) is 9.59 Å². The third-order valence-electron chi connectivity index (χ3n) is 6.84. The summed E-state index contributed by atoms with van der Waals surface area (Å²) in [5.74, 6) is -1.60. The van der Waals surface area contributed by atoms with E-state index in [1.165, 1.54) is 0 Å². The average molecular weight is 463 g/mol. The van der Waals surface area contributed by atoms with E-state index in [0.29, 0.717) is 19.4 Å². The SMILES string of the molecule is C=CCC(NC(=O)OCC1c2ccccc2-c2ccccc21)C(=O)N1CCC(C(=O)O)CC1C. The Hall–Kier alpha value is -3.61. The van der Waals surface area contributed by atoms with Gasteiger partial charge in [0.15, 0.2) is 0 Å². The predicted molar refractivity (Wildman–Crippen MR) is 128 cm³/mol. The van der Waals surface area contributed by atoms with E-state index < -0.39 is 24.0 Å². The van der Waals surface area contributed by atoms with E-state index in [0.717, 1.165) is 22.3 Å². The first-order valence-corrected chi connectivity index (χ1v) is 11.7. The zero-order chi connectivity index (χ0) is 24.2. The molecule has 0 bridgehead atoms. The summed E-state index contributed by atoms with van der Waals surface area (Å²) in [4.78, 5) is 38.8. The second-order valence-corrected chi connectivity index (χ2v) is 8.99. The molecule has 0 spiro atoms. The number of alkyl carbamates (subject to hydrolysis) is 1. The number of nitrogens with one attached hydrogen (secondary N) is 1. The largest absolute Gasteiger partial charge is 0.481 e. The maximum absolute atomic E-state index is 13.2. The van der Waals surface area contributed by atoms with Crippen molar-refractivity contribution in [2.45, 2.75) is 44.2 Å². The summed E-state index contributed by atoms with van der Waals surface area (Å²) in [5, 5.41) is 12.0. The molecule has 178 valence electrons. The van der Waals surface area contributed by atoms with E-state index in [1.54, 1.807) is 11.0 Å². The predicted octanol–water partition coefficient (Wildman–Crippen LogP) is 4.18. The number of benzene rings is 2. The van der Waals surface area contributed by atoms with Gasteiger partial charge in [0, 0.05) is 18.5 Å². The number of carboxylic acids is 1. The van der Waals surface area contributed by atoms with Gasteiger partial charge in [-0.05, 0) is 48.4 Å². The van der Waals surface area contributed by atoms with E-state index in [4.69, 9.17) is 4.74 Å². The zero-order valence-electron chi connectivity index (χ0n) is 19.3. The van der Waals surface area contributed by atoms with Crippen LogP contribution in [0.3, 0.4) is 0 Å². The van der Waals surface area contributed by atoms with Crippen molar-refractivity contribution < 1.29 is 24.2 Å². The molecule has 0 aromatic heterocycles. The molecule has 0 radical (unpaired) electrons. The van der Waals surface area contributed by atoms with E-state index in [1.807, 2.05) is 43.3 Å². The molecule has 2 aliphatic rings. The fraction of sp³-hybridized carbons (Fsp3) is 0.370. The molecule has 1 heterocycles. The van der Waals surface area contributed by atoms with Gasteiger partial charge in [-0.1, -0.05) is 54.6 Å². The minimum absolute atomic E-state index is 0.0678. The lowest BCUT2D eigenvalue weighted by Crippen LogP contribution is -2.54. The molecule has 1 aliphatic heterocycles. The highest BCUT2D eigenvalue weighted by molar-refractivity contribution is 5.86. The molecule has 7 heteroatoms.